The largest absolute Gasteiger partial charge is 0.380 e. The van der Waals surface area contributed by atoms with Gasteiger partial charge in [-0.1, -0.05) is 36.4 Å². The summed E-state index contributed by atoms with van der Waals surface area (Å²) in [6, 6.07) is 21.3. The van der Waals surface area contributed by atoms with Gasteiger partial charge in [-0.25, -0.2) is 0 Å². The van der Waals surface area contributed by atoms with Crippen LogP contribution in [0.4, 0.5) is 0 Å². The third kappa shape index (κ3) is 3.35. The van der Waals surface area contributed by atoms with E-state index in [0.29, 0.717) is 0 Å². The predicted octanol–water partition coefficient (Wildman–Crippen LogP) is 3.37. The summed E-state index contributed by atoms with van der Waals surface area (Å²) in [6.45, 7) is 0.799. The molecule has 0 unspecified atom stereocenters. The molecule has 0 aliphatic heterocycles. The average molecular weight is 245 g/mol. The summed E-state index contributed by atoms with van der Waals surface area (Å²) in [5, 5.41) is 0. The molecular weight excluding hydrogens is 228 g/mol. The third-order valence-electron chi connectivity index (χ3n) is 2.55. The van der Waals surface area contributed by atoms with Crippen LogP contribution < -0.4 is 0 Å². The molecule has 2 heteroatoms. The van der Waals surface area contributed by atoms with Gasteiger partial charge in [-0.15, -0.1) is 0 Å². The molecule has 2 aromatic rings. The molecule has 0 N–H and O–H groups in total. The van der Waals surface area contributed by atoms with Gasteiger partial charge in [0.1, 0.15) is 5.75 Å². The van der Waals surface area contributed by atoms with Crippen LogP contribution in [0.2, 0.25) is 0 Å². The first-order valence-electron chi connectivity index (χ1n) is 5.72. The highest BCUT2D eigenvalue weighted by molar-refractivity contribution is 7.97. The lowest BCUT2D eigenvalue weighted by Gasteiger charge is -2.07. The van der Waals surface area contributed by atoms with E-state index in [4.69, 9.17) is 4.74 Å². The van der Waals surface area contributed by atoms with Crippen molar-refractivity contribution in [2.24, 2.45) is 0 Å². The van der Waals surface area contributed by atoms with Crippen LogP contribution in [0, 0.1) is 0 Å². The van der Waals surface area contributed by atoms with Crippen molar-refractivity contribution in [3.05, 3.63) is 60.7 Å². The van der Waals surface area contributed by atoms with Crippen LogP contribution in [0.15, 0.2) is 70.5 Å². The molecule has 0 amide bonds. The Morgan fingerprint density at radius 1 is 0.824 bits per heavy atom. The molecule has 0 aromatic heterocycles. The summed E-state index contributed by atoms with van der Waals surface area (Å²) in [5.74, 6) is 1.05. The van der Waals surface area contributed by atoms with E-state index in [9.17, 15) is 0 Å². The van der Waals surface area contributed by atoms with Crippen molar-refractivity contribution < 1.29 is 4.74 Å². The molecule has 0 bridgehead atoms. The first-order valence-corrected chi connectivity index (χ1v) is 7.11. The highest BCUT2D eigenvalue weighted by Gasteiger charge is 2.23. The maximum absolute atomic E-state index is 5.22. The van der Waals surface area contributed by atoms with Gasteiger partial charge in [0, 0.05) is 7.11 Å². The van der Waals surface area contributed by atoms with Gasteiger partial charge < -0.3 is 4.74 Å². The summed E-state index contributed by atoms with van der Waals surface area (Å²) in [7, 11) is 1.89. The minimum atomic E-state index is 0.124. The Morgan fingerprint density at radius 3 is 1.71 bits per heavy atom. The fraction of sp³-hybridized carbons (Fsp3) is 0.200. The van der Waals surface area contributed by atoms with Gasteiger partial charge >= 0.3 is 0 Å². The molecule has 0 radical (unpaired) electrons. The van der Waals surface area contributed by atoms with Gasteiger partial charge in [-0.05, 0) is 24.3 Å². The molecule has 17 heavy (non-hydrogen) atoms. The zero-order valence-electron chi connectivity index (χ0n) is 10.0. The third-order valence-corrected chi connectivity index (χ3v) is 4.80. The van der Waals surface area contributed by atoms with E-state index in [-0.39, 0.29) is 10.9 Å². The minimum Gasteiger partial charge on any atom is -0.380 e. The molecule has 88 valence electrons. The normalized spacial score (nSPS) is 10.7. The fourth-order valence-electron chi connectivity index (χ4n) is 1.71. The summed E-state index contributed by atoms with van der Waals surface area (Å²) in [6.07, 6.45) is 0. The number of rotatable bonds is 5. The lowest BCUT2D eigenvalue weighted by Crippen LogP contribution is -2.12. The van der Waals surface area contributed by atoms with Crippen molar-refractivity contribution in [2.45, 2.75) is 9.79 Å². The molecule has 0 fully saturated rings. The van der Waals surface area contributed by atoms with Crippen molar-refractivity contribution in [1.82, 2.24) is 0 Å². The van der Waals surface area contributed by atoms with Crippen LogP contribution in [-0.2, 0) is 15.6 Å². The quantitative estimate of drug-likeness (QED) is 0.734. The van der Waals surface area contributed by atoms with E-state index in [2.05, 4.69) is 60.7 Å². The maximum atomic E-state index is 5.22. The second-order valence-electron chi connectivity index (χ2n) is 3.71. The van der Waals surface area contributed by atoms with Gasteiger partial charge in [0.05, 0.1) is 17.5 Å². The maximum Gasteiger partial charge on any atom is 0.160 e. The second kappa shape index (κ2) is 6.48. The van der Waals surface area contributed by atoms with E-state index in [1.165, 1.54) is 9.79 Å². The second-order valence-corrected chi connectivity index (χ2v) is 5.85. The van der Waals surface area contributed by atoms with Gasteiger partial charge in [0.25, 0.3) is 0 Å². The summed E-state index contributed by atoms with van der Waals surface area (Å²) in [4.78, 5) is 2.77. The number of methoxy groups -OCH3 is 1. The summed E-state index contributed by atoms with van der Waals surface area (Å²) in [5.41, 5.74) is 0. The van der Waals surface area contributed by atoms with Crippen molar-refractivity contribution in [2.75, 3.05) is 19.5 Å². The van der Waals surface area contributed by atoms with E-state index in [1.54, 1.807) is 7.11 Å². The van der Waals surface area contributed by atoms with E-state index in [1.807, 2.05) is 0 Å². The van der Waals surface area contributed by atoms with E-state index < -0.39 is 0 Å². The molecule has 0 saturated carbocycles. The standard InChI is InChI=1S/C15H17OS/c1-16-12-13-17(14-8-4-2-5-9-14)15-10-6-3-7-11-15/h2-11H,12-13H2,1H3/q+1. The van der Waals surface area contributed by atoms with Crippen LogP contribution in [0.5, 0.6) is 0 Å². The Morgan fingerprint density at radius 2 is 1.29 bits per heavy atom. The van der Waals surface area contributed by atoms with Gasteiger partial charge in [-0.2, -0.15) is 0 Å². The number of ether oxygens (including phenoxy) is 1. The molecule has 0 saturated heterocycles. The Kier molecular flexibility index (Phi) is 4.65. The predicted molar refractivity (Wildman–Crippen MR) is 73.5 cm³/mol. The van der Waals surface area contributed by atoms with Crippen molar-refractivity contribution >= 4 is 10.9 Å². The van der Waals surface area contributed by atoms with Crippen LogP contribution >= 0.6 is 0 Å². The van der Waals surface area contributed by atoms with Crippen molar-refractivity contribution in [3.63, 3.8) is 0 Å². The SMILES string of the molecule is COCC[S+](c1ccccc1)c1ccccc1. The molecule has 0 aliphatic carbocycles. The molecule has 2 rings (SSSR count). The van der Waals surface area contributed by atoms with Crippen LogP contribution in [0.25, 0.3) is 0 Å². The lowest BCUT2D eigenvalue weighted by molar-refractivity contribution is 0.218. The minimum absolute atomic E-state index is 0.124. The number of benzene rings is 2. The van der Waals surface area contributed by atoms with Crippen molar-refractivity contribution in [1.29, 1.82) is 0 Å². The summed E-state index contributed by atoms with van der Waals surface area (Å²) >= 11 is 0. The molecule has 0 heterocycles. The summed E-state index contributed by atoms with van der Waals surface area (Å²) < 4.78 is 5.22. The first kappa shape index (κ1) is 12.2. The molecule has 1 nitrogen and oxygen atoms in total. The van der Waals surface area contributed by atoms with Gasteiger partial charge in [-0.3, -0.25) is 0 Å². The van der Waals surface area contributed by atoms with Crippen LogP contribution in [0.1, 0.15) is 0 Å². The van der Waals surface area contributed by atoms with Gasteiger partial charge in [0.2, 0.25) is 0 Å². The zero-order valence-corrected chi connectivity index (χ0v) is 10.8. The Labute approximate surface area is 106 Å². The van der Waals surface area contributed by atoms with Crippen LogP contribution in [0.3, 0.4) is 0 Å². The van der Waals surface area contributed by atoms with Crippen molar-refractivity contribution in [3.8, 4) is 0 Å². The topological polar surface area (TPSA) is 9.23 Å². The van der Waals surface area contributed by atoms with Gasteiger partial charge in [0.15, 0.2) is 9.79 Å². The molecule has 0 atom stereocenters. The van der Waals surface area contributed by atoms with E-state index in [0.717, 1.165) is 12.4 Å². The molecule has 2 aromatic carbocycles. The first-order chi connectivity index (χ1) is 8.42. The Bertz CT molecular complexity index is 388. The smallest absolute Gasteiger partial charge is 0.160 e. The molecule has 0 aliphatic rings. The zero-order chi connectivity index (χ0) is 11.9. The average Bonchev–Trinajstić information content (AvgIpc) is 2.42. The van der Waals surface area contributed by atoms with E-state index >= 15 is 0 Å². The highest BCUT2D eigenvalue weighted by Crippen LogP contribution is 2.22. The molecule has 0 spiro atoms. The fourth-order valence-corrected chi connectivity index (χ4v) is 3.76. The highest BCUT2D eigenvalue weighted by atomic mass is 32.2. The number of hydrogen-bond donors (Lipinski definition) is 0. The lowest BCUT2D eigenvalue weighted by atomic mass is 10.4. The number of hydrogen-bond acceptors (Lipinski definition) is 1. The van der Waals surface area contributed by atoms with Crippen LogP contribution in [-0.4, -0.2) is 19.5 Å². The monoisotopic (exact) mass is 245 g/mol. The molecular formula is C15H17OS+. The Hall–Kier alpha value is -1.25. The Balaban J connectivity index is 2.26.